The molecule has 10 heteroatoms. The van der Waals surface area contributed by atoms with Gasteiger partial charge in [-0.2, -0.15) is 24.5 Å². The highest BCUT2D eigenvalue weighted by Gasteiger charge is 2.49. The Morgan fingerprint density at radius 3 is 2.50 bits per heavy atom. The second-order valence-electron chi connectivity index (χ2n) is 7.03. The van der Waals surface area contributed by atoms with Crippen molar-refractivity contribution < 1.29 is 32.3 Å². The standard InChI is InChI=1S/C16H18N2O2S.C2HF3O2/c19-15(14-2-1-6-20-14)18-11-16(12-18)4-5-17(10-16)8-13-3-7-21-9-13;3-2(4,5)1(6)7/h1-3,6-7,9H,4-5,8,10-12H2;(H,6,7). The number of carboxylic acid groups (broad SMARTS) is 1. The van der Waals surface area contributed by atoms with Gasteiger partial charge in [-0.1, -0.05) is 0 Å². The third kappa shape index (κ3) is 4.74. The number of rotatable bonds is 3. The first-order valence-corrected chi connectivity index (χ1v) is 9.49. The van der Waals surface area contributed by atoms with Crippen molar-refractivity contribution in [3.8, 4) is 0 Å². The second kappa shape index (κ2) is 7.96. The summed E-state index contributed by atoms with van der Waals surface area (Å²) in [5, 5.41) is 11.5. The summed E-state index contributed by atoms with van der Waals surface area (Å²) >= 11 is 1.76. The molecule has 4 rings (SSSR count). The molecule has 0 saturated carbocycles. The Morgan fingerprint density at radius 2 is 1.96 bits per heavy atom. The van der Waals surface area contributed by atoms with Crippen molar-refractivity contribution in [2.75, 3.05) is 26.2 Å². The van der Waals surface area contributed by atoms with Crippen LogP contribution >= 0.6 is 11.3 Å². The van der Waals surface area contributed by atoms with Crippen LogP contribution in [0.1, 0.15) is 22.5 Å². The maximum atomic E-state index is 12.2. The molecule has 2 aromatic rings. The molecule has 4 heterocycles. The molecule has 2 aliphatic heterocycles. The minimum absolute atomic E-state index is 0.0295. The lowest BCUT2D eigenvalue weighted by molar-refractivity contribution is -0.192. The van der Waals surface area contributed by atoms with Crippen LogP contribution in [0.5, 0.6) is 0 Å². The van der Waals surface area contributed by atoms with Crippen LogP contribution in [0.15, 0.2) is 39.6 Å². The van der Waals surface area contributed by atoms with Gasteiger partial charge in [0.05, 0.1) is 6.26 Å². The molecule has 0 atom stereocenters. The first-order valence-electron chi connectivity index (χ1n) is 8.55. The predicted molar refractivity (Wildman–Crippen MR) is 94.9 cm³/mol. The summed E-state index contributed by atoms with van der Waals surface area (Å²) in [7, 11) is 0. The fourth-order valence-corrected chi connectivity index (χ4v) is 4.18. The smallest absolute Gasteiger partial charge is 0.475 e. The van der Waals surface area contributed by atoms with Gasteiger partial charge < -0.3 is 14.4 Å². The van der Waals surface area contributed by atoms with Crippen molar-refractivity contribution >= 4 is 23.2 Å². The van der Waals surface area contributed by atoms with Crippen molar-refractivity contribution in [1.29, 1.82) is 0 Å². The quantitative estimate of drug-likeness (QED) is 0.831. The van der Waals surface area contributed by atoms with Crippen LogP contribution < -0.4 is 0 Å². The summed E-state index contributed by atoms with van der Waals surface area (Å²) in [5.41, 5.74) is 1.72. The molecule has 2 fully saturated rings. The van der Waals surface area contributed by atoms with Crippen molar-refractivity contribution in [1.82, 2.24) is 9.80 Å². The highest BCUT2D eigenvalue weighted by molar-refractivity contribution is 7.07. The van der Waals surface area contributed by atoms with E-state index in [4.69, 9.17) is 14.3 Å². The van der Waals surface area contributed by atoms with Crippen molar-refractivity contribution in [2.45, 2.75) is 19.1 Å². The molecule has 0 radical (unpaired) electrons. The summed E-state index contributed by atoms with van der Waals surface area (Å²) in [6.07, 6.45) is -2.33. The minimum Gasteiger partial charge on any atom is -0.475 e. The fraction of sp³-hybridized carbons (Fsp3) is 0.444. The number of hydrogen-bond donors (Lipinski definition) is 1. The lowest BCUT2D eigenvalue weighted by Crippen LogP contribution is -2.59. The number of halogens is 3. The van der Waals surface area contributed by atoms with Crippen LogP contribution in [0, 0.1) is 5.41 Å². The van der Waals surface area contributed by atoms with Gasteiger partial charge in [0.15, 0.2) is 5.76 Å². The molecule has 152 valence electrons. The van der Waals surface area contributed by atoms with Gasteiger partial charge in [-0.15, -0.1) is 0 Å². The third-order valence-electron chi connectivity index (χ3n) is 4.82. The third-order valence-corrected chi connectivity index (χ3v) is 5.55. The van der Waals surface area contributed by atoms with E-state index in [-0.39, 0.29) is 5.91 Å². The SMILES string of the molecule is O=C(O)C(F)(F)F.O=C(c1ccco1)N1CC2(CCN(Cc3ccsc3)C2)C1. The number of hydrogen-bond acceptors (Lipinski definition) is 5. The molecule has 6 nitrogen and oxygen atoms in total. The molecule has 1 spiro atoms. The molecule has 0 bridgehead atoms. The van der Waals surface area contributed by atoms with E-state index in [1.807, 2.05) is 4.90 Å². The van der Waals surface area contributed by atoms with Crippen LogP contribution in [-0.4, -0.2) is 59.1 Å². The number of carbonyl (C=O) groups is 2. The molecule has 2 saturated heterocycles. The van der Waals surface area contributed by atoms with E-state index in [9.17, 15) is 18.0 Å². The minimum atomic E-state index is -5.08. The Balaban J connectivity index is 0.000000279. The highest BCUT2D eigenvalue weighted by Crippen LogP contribution is 2.40. The number of carbonyl (C=O) groups excluding carboxylic acids is 1. The fourth-order valence-electron chi connectivity index (χ4n) is 3.52. The molecule has 28 heavy (non-hydrogen) atoms. The average Bonchev–Trinajstić information content (AvgIpc) is 3.35. The Kier molecular flexibility index (Phi) is 5.80. The number of nitrogens with zero attached hydrogens (tertiary/aromatic N) is 2. The van der Waals surface area contributed by atoms with Crippen LogP contribution in [0.3, 0.4) is 0 Å². The predicted octanol–water partition coefficient (Wildman–Crippen LogP) is 3.32. The van der Waals surface area contributed by atoms with Gasteiger partial charge in [-0.05, 0) is 47.5 Å². The summed E-state index contributed by atoms with van der Waals surface area (Å²) < 4.78 is 36.9. The Hall–Kier alpha value is -2.33. The number of carboxylic acids is 1. The van der Waals surface area contributed by atoms with E-state index < -0.39 is 12.1 Å². The van der Waals surface area contributed by atoms with Gasteiger partial charge in [0.2, 0.25) is 0 Å². The lowest BCUT2D eigenvalue weighted by Gasteiger charge is -2.47. The van der Waals surface area contributed by atoms with Crippen molar-refractivity contribution in [2.24, 2.45) is 5.41 Å². The Labute approximate surface area is 163 Å². The Bertz CT molecular complexity index is 799. The molecule has 0 aliphatic carbocycles. The number of aliphatic carboxylic acids is 1. The summed E-state index contributed by atoms with van der Waals surface area (Å²) in [5.74, 6) is -2.27. The average molecular weight is 416 g/mol. The van der Waals surface area contributed by atoms with Crippen LogP contribution in [-0.2, 0) is 11.3 Å². The maximum absolute atomic E-state index is 12.2. The van der Waals surface area contributed by atoms with Gasteiger partial charge >= 0.3 is 12.1 Å². The number of alkyl halides is 3. The monoisotopic (exact) mass is 416 g/mol. The largest absolute Gasteiger partial charge is 0.490 e. The molecule has 0 aromatic carbocycles. The Morgan fingerprint density at radius 1 is 1.25 bits per heavy atom. The number of thiophene rings is 1. The maximum Gasteiger partial charge on any atom is 0.490 e. The molecular formula is C18H19F3N2O4S. The molecule has 1 amide bonds. The van der Waals surface area contributed by atoms with Gasteiger partial charge in [0.25, 0.3) is 5.91 Å². The first kappa shape index (κ1) is 20.4. The topological polar surface area (TPSA) is 74.0 Å². The van der Waals surface area contributed by atoms with E-state index in [1.165, 1.54) is 12.0 Å². The molecule has 2 aliphatic rings. The number of furan rings is 1. The summed E-state index contributed by atoms with van der Waals surface area (Å²) in [4.78, 5) is 25.5. The molecular weight excluding hydrogens is 397 g/mol. The van der Waals surface area contributed by atoms with E-state index >= 15 is 0 Å². The van der Waals surface area contributed by atoms with Crippen LogP contribution in [0.25, 0.3) is 0 Å². The summed E-state index contributed by atoms with van der Waals surface area (Å²) in [6.45, 7) is 5.01. The van der Waals surface area contributed by atoms with E-state index in [2.05, 4.69) is 21.7 Å². The summed E-state index contributed by atoms with van der Waals surface area (Å²) in [6, 6.07) is 5.70. The highest BCUT2D eigenvalue weighted by atomic mass is 32.1. The molecule has 0 unspecified atom stereocenters. The normalized spacial score (nSPS) is 18.5. The van der Waals surface area contributed by atoms with Gasteiger partial charge in [-0.3, -0.25) is 9.69 Å². The van der Waals surface area contributed by atoms with Crippen molar-refractivity contribution in [3.05, 3.63) is 46.5 Å². The van der Waals surface area contributed by atoms with Crippen LogP contribution in [0.4, 0.5) is 13.2 Å². The van der Waals surface area contributed by atoms with Crippen LogP contribution in [0.2, 0.25) is 0 Å². The van der Waals surface area contributed by atoms with E-state index in [0.29, 0.717) is 11.2 Å². The number of likely N-dealkylation sites (tertiary alicyclic amines) is 2. The zero-order valence-corrected chi connectivity index (χ0v) is 15.6. The van der Waals surface area contributed by atoms with Gasteiger partial charge in [0, 0.05) is 31.6 Å². The van der Waals surface area contributed by atoms with Gasteiger partial charge in [0.1, 0.15) is 0 Å². The van der Waals surface area contributed by atoms with Crippen molar-refractivity contribution in [3.63, 3.8) is 0 Å². The lowest BCUT2D eigenvalue weighted by atomic mass is 9.79. The van der Waals surface area contributed by atoms with E-state index in [0.717, 1.165) is 32.7 Å². The van der Waals surface area contributed by atoms with Gasteiger partial charge in [-0.25, -0.2) is 4.79 Å². The zero-order valence-electron chi connectivity index (χ0n) is 14.8. The van der Waals surface area contributed by atoms with E-state index in [1.54, 1.807) is 29.7 Å². The number of amides is 1. The molecule has 1 N–H and O–H groups in total. The molecule has 2 aromatic heterocycles. The second-order valence-corrected chi connectivity index (χ2v) is 7.81. The first-order chi connectivity index (χ1) is 13.2. The zero-order chi connectivity index (χ0) is 20.4.